The van der Waals surface area contributed by atoms with Gasteiger partial charge in [-0.15, -0.1) is 0 Å². The highest BCUT2D eigenvalue weighted by Gasteiger charge is 2.14. The van der Waals surface area contributed by atoms with Gasteiger partial charge in [0.05, 0.1) is 5.69 Å². The molecule has 1 aromatic carbocycles. The molecule has 1 heterocycles. The summed E-state index contributed by atoms with van der Waals surface area (Å²) in [5, 5.41) is 5.03. The summed E-state index contributed by atoms with van der Waals surface area (Å²) in [6.07, 6.45) is 2.73. The van der Waals surface area contributed by atoms with Crippen molar-refractivity contribution in [2.75, 3.05) is 0 Å². The van der Waals surface area contributed by atoms with Crippen LogP contribution in [0.4, 0.5) is 0 Å². The maximum Gasteiger partial charge on any atom is 0.130 e. The number of halogens is 1. The van der Waals surface area contributed by atoms with Crippen LogP contribution in [-0.2, 0) is 19.9 Å². The molecule has 20 heavy (non-hydrogen) atoms. The van der Waals surface area contributed by atoms with Crippen molar-refractivity contribution < 1.29 is 0 Å². The van der Waals surface area contributed by atoms with Crippen molar-refractivity contribution in [3.63, 3.8) is 0 Å². The van der Waals surface area contributed by atoms with Gasteiger partial charge in [0.15, 0.2) is 0 Å². The van der Waals surface area contributed by atoms with E-state index in [0.29, 0.717) is 5.15 Å². The van der Waals surface area contributed by atoms with E-state index in [4.69, 9.17) is 17.3 Å². The molecule has 2 aromatic rings. The summed E-state index contributed by atoms with van der Waals surface area (Å²) in [4.78, 5) is 0. The second-order valence-electron chi connectivity index (χ2n) is 5.47. The van der Waals surface area contributed by atoms with Crippen LogP contribution >= 0.6 is 11.6 Å². The lowest BCUT2D eigenvalue weighted by Gasteiger charge is -2.12. The minimum Gasteiger partial charge on any atom is -0.327 e. The third-order valence-electron chi connectivity index (χ3n) is 3.62. The van der Waals surface area contributed by atoms with Crippen molar-refractivity contribution in [3.05, 3.63) is 51.8 Å². The third kappa shape index (κ3) is 3.62. The van der Waals surface area contributed by atoms with E-state index in [9.17, 15) is 0 Å². The topological polar surface area (TPSA) is 43.8 Å². The van der Waals surface area contributed by atoms with E-state index in [2.05, 4.69) is 36.3 Å². The van der Waals surface area contributed by atoms with Crippen LogP contribution in [0.25, 0.3) is 0 Å². The van der Waals surface area contributed by atoms with Crippen LogP contribution in [0.3, 0.4) is 0 Å². The van der Waals surface area contributed by atoms with Gasteiger partial charge in [-0.05, 0) is 38.7 Å². The molecule has 2 N–H and O–H groups in total. The van der Waals surface area contributed by atoms with Gasteiger partial charge in [-0.2, -0.15) is 5.10 Å². The van der Waals surface area contributed by atoms with E-state index >= 15 is 0 Å². The van der Waals surface area contributed by atoms with Crippen LogP contribution in [0.2, 0.25) is 5.15 Å². The molecule has 2 rings (SSSR count). The highest BCUT2D eigenvalue weighted by atomic mass is 35.5. The first-order valence-corrected chi connectivity index (χ1v) is 7.34. The van der Waals surface area contributed by atoms with Crippen molar-refractivity contribution in [1.29, 1.82) is 0 Å². The summed E-state index contributed by atoms with van der Waals surface area (Å²) in [6.45, 7) is 4.09. The van der Waals surface area contributed by atoms with Crippen molar-refractivity contribution >= 4 is 11.6 Å². The molecular weight excluding hydrogens is 270 g/mol. The maximum atomic E-state index is 6.24. The molecule has 0 spiro atoms. The van der Waals surface area contributed by atoms with Crippen molar-refractivity contribution in [2.45, 2.75) is 39.2 Å². The quantitative estimate of drug-likeness (QED) is 0.919. The van der Waals surface area contributed by atoms with Crippen LogP contribution in [0, 0.1) is 13.8 Å². The largest absolute Gasteiger partial charge is 0.327 e. The summed E-state index contributed by atoms with van der Waals surface area (Å²) in [5.41, 5.74) is 10.9. The lowest BCUT2D eigenvalue weighted by Crippen LogP contribution is -2.23. The standard InChI is InChI=1S/C16H22ClN3/c1-11-5-4-6-13(9-11)7-8-14(18)10-15-12(2)19-20(3)16(15)17/h4-6,9,14H,7-8,10,18H2,1-3H3. The van der Waals surface area contributed by atoms with Crippen LogP contribution < -0.4 is 5.73 Å². The van der Waals surface area contributed by atoms with E-state index in [1.54, 1.807) is 4.68 Å². The number of nitrogens with two attached hydrogens (primary N) is 1. The molecule has 1 atom stereocenters. The summed E-state index contributed by atoms with van der Waals surface area (Å²) < 4.78 is 1.71. The fourth-order valence-electron chi connectivity index (χ4n) is 2.49. The van der Waals surface area contributed by atoms with Gasteiger partial charge < -0.3 is 5.73 Å². The Balaban J connectivity index is 1.94. The van der Waals surface area contributed by atoms with Gasteiger partial charge in [0.25, 0.3) is 0 Å². The Morgan fingerprint density at radius 3 is 2.70 bits per heavy atom. The van der Waals surface area contributed by atoms with Crippen LogP contribution in [0.1, 0.15) is 28.8 Å². The number of nitrogens with zero attached hydrogens (tertiary/aromatic N) is 2. The predicted octanol–water partition coefficient (Wildman–Crippen LogP) is 3.19. The number of aryl methyl sites for hydroxylation is 4. The zero-order valence-corrected chi connectivity index (χ0v) is 13.1. The van der Waals surface area contributed by atoms with E-state index < -0.39 is 0 Å². The number of rotatable bonds is 5. The van der Waals surface area contributed by atoms with Gasteiger partial charge in [0.2, 0.25) is 0 Å². The molecule has 0 aliphatic rings. The highest BCUT2D eigenvalue weighted by Crippen LogP contribution is 2.21. The molecule has 0 aliphatic heterocycles. The molecular formula is C16H22ClN3. The SMILES string of the molecule is Cc1cccc(CCC(N)Cc2c(C)nn(C)c2Cl)c1. The molecule has 1 aromatic heterocycles. The fraction of sp³-hybridized carbons (Fsp3) is 0.438. The molecule has 108 valence electrons. The average molecular weight is 292 g/mol. The van der Waals surface area contributed by atoms with E-state index in [1.807, 2.05) is 14.0 Å². The first-order chi connectivity index (χ1) is 9.47. The van der Waals surface area contributed by atoms with Crippen molar-refractivity contribution in [2.24, 2.45) is 12.8 Å². The van der Waals surface area contributed by atoms with Crippen molar-refractivity contribution in [1.82, 2.24) is 9.78 Å². The second kappa shape index (κ2) is 6.42. The fourth-order valence-corrected chi connectivity index (χ4v) is 2.74. The molecule has 0 fully saturated rings. The number of hydrogen-bond donors (Lipinski definition) is 1. The molecule has 0 amide bonds. The lowest BCUT2D eigenvalue weighted by molar-refractivity contribution is 0.609. The number of benzene rings is 1. The Morgan fingerprint density at radius 2 is 2.10 bits per heavy atom. The van der Waals surface area contributed by atoms with Gasteiger partial charge in [0, 0.05) is 18.7 Å². The molecule has 0 radical (unpaired) electrons. The smallest absolute Gasteiger partial charge is 0.130 e. The number of hydrogen-bond acceptors (Lipinski definition) is 2. The molecule has 0 bridgehead atoms. The summed E-state index contributed by atoms with van der Waals surface area (Å²) >= 11 is 6.24. The Morgan fingerprint density at radius 1 is 1.35 bits per heavy atom. The molecule has 1 unspecified atom stereocenters. The van der Waals surface area contributed by atoms with Gasteiger partial charge in [-0.1, -0.05) is 41.4 Å². The third-order valence-corrected chi connectivity index (χ3v) is 4.10. The van der Waals surface area contributed by atoms with E-state index in [0.717, 1.165) is 30.5 Å². The molecule has 3 nitrogen and oxygen atoms in total. The Hall–Kier alpha value is -1.32. The molecule has 4 heteroatoms. The van der Waals surface area contributed by atoms with Crippen LogP contribution in [-0.4, -0.2) is 15.8 Å². The van der Waals surface area contributed by atoms with Gasteiger partial charge >= 0.3 is 0 Å². The second-order valence-corrected chi connectivity index (χ2v) is 5.83. The molecule has 0 aliphatic carbocycles. The summed E-state index contributed by atoms with van der Waals surface area (Å²) in [6, 6.07) is 8.69. The summed E-state index contributed by atoms with van der Waals surface area (Å²) in [7, 11) is 1.86. The van der Waals surface area contributed by atoms with Gasteiger partial charge in [-0.25, -0.2) is 0 Å². The lowest BCUT2D eigenvalue weighted by atomic mass is 9.99. The summed E-state index contributed by atoms with van der Waals surface area (Å²) in [5.74, 6) is 0. The Kier molecular flexibility index (Phi) is 4.84. The molecule has 0 saturated heterocycles. The predicted molar refractivity (Wildman–Crippen MR) is 84.1 cm³/mol. The van der Waals surface area contributed by atoms with Crippen LogP contribution in [0.15, 0.2) is 24.3 Å². The Bertz CT molecular complexity index is 589. The maximum absolute atomic E-state index is 6.24. The van der Waals surface area contributed by atoms with E-state index in [-0.39, 0.29) is 6.04 Å². The zero-order valence-electron chi connectivity index (χ0n) is 12.4. The first kappa shape index (κ1) is 15.1. The minimum absolute atomic E-state index is 0.107. The minimum atomic E-state index is 0.107. The molecule has 0 saturated carbocycles. The monoisotopic (exact) mass is 291 g/mol. The Labute approximate surface area is 125 Å². The first-order valence-electron chi connectivity index (χ1n) is 6.96. The van der Waals surface area contributed by atoms with Gasteiger partial charge in [-0.3, -0.25) is 4.68 Å². The normalized spacial score (nSPS) is 12.7. The van der Waals surface area contributed by atoms with Gasteiger partial charge in [0.1, 0.15) is 5.15 Å². The zero-order chi connectivity index (χ0) is 14.7. The average Bonchev–Trinajstić information content (AvgIpc) is 2.63. The number of aromatic nitrogens is 2. The highest BCUT2D eigenvalue weighted by molar-refractivity contribution is 6.30. The van der Waals surface area contributed by atoms with Crippen LogP contribution in [0.5, 0.6) is 0 Å². The van der Waals surface area contributed by atoms with E-state index in [1.165, 1.54) is 11.1 Å². The van der Waals surface area contributed by atoms with Crippen molar-refractivity contribution in [3.8, 4) is 0 Å².